The van der Waals surface area contributed by atoms with E-state index in [1.165, 1.54) is 0 Å². The van der Waals surface area contributed by atoms with Crippen molar-refractivity contribution in [3.63, 3.8) is 0 Å². The minimum absolute atomic E-state index is 0.333. The van der Waals surface area contributed by atoms with Gasteiger partial charge in [0.25, 0.3) is 0 Å². The zero-order valence-electron chi connectivity index (χ0n) is 18.1. The molecule has 0 spiro atoms. The summed E-state index contributed by atoms with van der Waals surface area (Å²) in [5.74, 6) is 0.379. The fourth-order valence-electron chi connectivity index (χ4n) is 4.89. The largest absolute Gasteiger partial charge is 0.339 e. The Bertz CT molecular complexity index is 1230. The van der Waals surface area contributed by atoms with Crippen LogP contribution in [0.3, 0.4) is 0 Å². The van der Waals surface area contributed by atoms with Crippen LogP contribution in [0.1, 0.15) is 57.0 Å². The molecule has 6 rings (SSSR count). The number of hydrogen-bond acceptors (Lipinski definition) is 6. The van der Waals surface area contributed by atoms with Crippen LogP contribution in [0.5, 0.6) is 0 Å². The molecule has 1 saturated heterocycles. The lowest BCUT2D eigenvalue weighted by Crippen LogP contribution is -2.55. The molecule has 2 aromatic heterocycles. The molecular formula is C23H24N6O3. The van der Waals surface area contributed by atoms with Gasteiger partial charge in [-0.05, 0) is 51.7 Å². The van der Waals surface area contributed by atoms with E-state index in [2.05, 4.69) is 15.1 Å². The monoisotopic (exact) mass is 432 g/mol. The van der Waals surface area contributed by atoms with Crippen LogP contribution in [-0.2, 0) is 15.1 Å². The van der Waals surface area contributed by atoms with Gasteiger partial charge in [0.15, 0.2) is 0 Å². The molecule has 2 fully saturated rings. The highest BCUT2D eigenvalue weighted by atomic mass is 16.5. The summed E-state index contributed by atoms with van der Waals surface area (Å²) in [6.45, 7) is 5.10. The lowest BCUT2D eigenvalue weighted by molar-refractivity contribution is -0.144. The molecule has 2 aliphatic heterocycles. The summed E-state index contributed by atoms with van der Waals surface area (Å²) in [7, 11) is 0. The predicted octanol–water partition coefficient (Wildman–Crippen LogP) is 3.00. The number of aromatic nitrogens is 4. The minimum atomic E-state index is -0.868. The molecule has 1 aromatic carbocycles. The summed E-state index contributed by atoms with van der Waals surface area (Å²) >= 11 is 0. The van der Waals surface area contributed by atoms with Crippen LogP contribution in [0.25, 0.3) is 17.2 Å². The van der Waals surface area contributed by atoms with Crippen LogP contribution in [-0.4, -0.2) is 49.5 Å². The smallest absolute Gasteiger partial charge is 0.317 e. The Hall–Kier alpha value is -3.49. The normalized spacial score (nSPS) is 19.1. The molecular weight excluding hydrogens is 408 g/mol. The summed E-state index contributed by atoms with van der Waals surface area (Å²) in [4.78, 5) is 39.2. The molecule has 32 heavy (non-hydrogen) atoms. The number of carbonyl (C=O) groups excluding carboxylic acids is 2. The third-order valence-corrected chi connectivity index (χ3v) is 6.65. The van der Waals surface area contributed by atoms with Gasteiger partial charge >= 0.3 is 11.8 Å². The molecule has 0 atom stereocenters. The maximum atomic E-state index is 13.6. The van der Waals surface area contributed by atoms with E-state index in [1.807, 2.05) is 42.7 Å². The summed E-state index contributed by atoms with van der Waals surface area (Å²) in [5, 5.41) is 4.18. The average molecular weight is 432 g/mol. The lowest BCUT2D eigenvalue weighted by atomic mass is 9.91. The molecule has 0 N–H and O–H groups in total. The first-order valence-electron chi connectivity index (χ1n) is 11.1. The Morgan fingerprint density at radius 3 is 2.50 bits per heavy atom. The molecule has 4 heterocycles. The van der Waals surface area contributed by atoms with E-state index >= 15 is 0 Å². The number of imidazole rings is 1. The van der Waals surface area contributed by atoms with Crippen molar-refractivity contribution in [2.45, 2.75) is 51.0 Å². The molecule has 1 aliphatic carbocycles. The molecule has 0 unspecified atom stereocenters. The number of likely N-dealkylation sites (tertiary alicyclic amines) is 1. The molecule has 164 valence electrons. The van der Waals surface area contributed by atoms with Gasteiger partial charge < -0.3 is 9.42 Å². The Kier molecular flexibility index (Phi) is 4.05. The molecule has 0 bridgehead atoms. The van der Waals surface area contributed by atoms with Gasteiger partial charge in [-0.15, -0.1) is 0 Å². The Labute approximate surface area is 185 Å². The molecule has 2 amide bonds. The standard InChI is InChI=1S/C23H24N6O3/c1-23(2)18-17(19-25-20(32-26-19)14-9-10-14)24-13-28(18)15-7-3-4-8-16(15)29(23)22(31)21(30)27-11-5-6-12-27/h3-4,7-8,13-14H,5-6,9-12H2,1-2H3. The van der Waals surface area contributed by atoms with Gasteiger partial charge in [-0.1, -0.05) is 17.3 Å². The third-order valence-electron chi connectivity index (χ3n) is 6.65. The second kappa shape index (κ2) is 6.75. The maximum Gasteiger partial charge on any atom is 0.317 e. The Morgan fingerprint density at radius 2 is 1.78 bits per heavy atom. The SMILES string of the molecule is CC1(C)c2c(-c3noc(C4CC4)n3)ncn2-c2ccccc2N1C(=O)C(=O)N1CCCC1. The van der Waals surface area contributed by atoms with Gasteiger partial charge in [0.05, 0.1) is 22.6 Å². The van der Waals surface area contributed by atoms with Gasteiger partial charge in [0.2, 0.25) is 11.7 Å². The molecule has 9 heteroatoms. The van der Waals surface area contributed by atoms with Crippen LogP contribution < -0.4 is 4.90 Å². The van der Waals surface area contributed by atoms with E-state index < -0.39 is 17.4 Å². The number of rotatable bonds is 2. The second-order valence-electron chi connectivity index (χ2n) is 9.23. The van der Waals surface area contributed by atoms with Gasteiger partial charge in [-0.25, -0.2) is 4.98 Å². The molecule has 9 nitrogen and oxygen atoms in total. The number of fused-ring (bicyclic) bond motifs is 3. The van der Waals surface area contributed by atoms with E-state index in [4.69, 9.17) is 4.52 Å². The van der Waals surface area contributed by atoms with Crippen molar-refractivity contribution in [1.29, 1.82) is 0 Å². The van der Waals surface area contributed by atoms with Crippen LogP contribution in [0.4, 0.5) is 5.69 Å². The lowest BCUT2D eigenvalue weighted by Gasteiger charge is -2.43. The molecule has 1 saturated carbocycles. The van der Waals surface area contributed by atoms with Gasteiger partial charge in [0, 0.05) is 19.0 Å². The highest BCUT2D eigenvalue weighted by molar-refractivity contribution is 6.41. The molecule has 3 aromatic rings. The van der Waals surface area contributed by atoms with Gasteiger partial charge in [-0.2, -0.15) is 4.98 Å². The fourth-order valence-corrected chi connectivity index (χ4v) is 4.89. The predicted molar refractivity (Wildman–Crippen MR) is 115 cm³/mol. The number of nitrogens with zero attached hydrogens (tertiary/aromatic N) is 6. The first-order chi connectivity index (χ1) is 15.5. The number of amides is 2. The topological polar surface area (TPSA) is 97.4 Å². The minimum Gasteiger partial charge on any atom is -0.339 e. The van der Waals surface area contributed by atoms with Crippen molar-refractivity contribution >= 4 is 17.5 Å². The van der Waals surface area contributed by atoms with E-state index in [0.29, 0.717) is 42.1 Å². The van der Waals surface area contributed by atoms with Crippen molar-refractivity contribution in [3.05, 3.63) is 42.2 Å². The Balaban J connectivity index is 1.49. The number of anilines is 1. The van der Waals surface area contributed by atoms with Gasteiger partial charge in [-0.3, -0.25) is 19.1 Å². The highest BCUT2D eigenvalue weighted by Gasteiger charge is 2.47. The first-order valence-corrected chi connectivity index (χ1v) is 11.1. The van der Waals surface area contributed by atoms with Gasteiger partial charge in [0.1, 0.15) is 12.0 Å². The van der Waals surface area contributed by atoms with Crippen molar-refractivity contribution in [2.24, 2.45) is 0 Å². The zero-order chi connectivity index (χ0) is 22.0. The van der Waals surface area contributed by atoms with Crippen molar-refractivity contribution in [2.75, 3.05) is 18.0 Å². The molecule has 0 radical (unpaired) electrons. The summed E-state index contributed by atoms with van der Waals surface area (Å²) in [6, 6.07) is 7.57. The quantitative estimate of drug-likeness (QED) is 0.578. The summed E-state index contributed by atoms with van der Waals surface area (Å²) in [5.41, 5.74) is 1.91. The number of benzene rings is 1. The Morgan fingerprint density at radius 1 is 1.06 bits per heavy atom. The third kappa shape index (κ3) is 2.73. The summed E-state index contributed by atoms with van der Waals surface area (Å²) < 4.78 is 7.43. The second-order valence-corrected chi connectivity index (χ2v) is 9.23. The van der Waals surface area contributed by atoms with E-state index in [1.54, 1.807) is 16.1 Å². The van der Waals surface area contributed by atoms with Crippen LogP contribution in [0.2, 0.25) is 0 Å². The van der Waals surface area contributed by atoms with E-state index in [9.17, 15) is 9.59 Å². The average Bonchev–Trinajstić information content (AvgIpc) is 3.20. The zero-order valence-corrected chi connectivity index (χ0v) is 18.1. The van der Waals surface area contributed by atoms with E-state index in [0.717, 1.165) is 37.1 Å². The summed E-state index contributed by atoms with van der Waals surface area (Å²) in [6.07, 6.45) is 5.70. The first kappa shape index (κ1) is 19.2. The van der Waals surface area contributed by atoms with Crippen LogP contribution >= 0.6 is 0 Å². The van der Waals surface area contributed by atoms with Crippen LogP contribution in [0, 0.1) is 0 Å². The highest BCUT2D eigenvalue weighted by Crippen LogP contribution is 2.46. The number of hydrogen-bond donors (Lipinski definition) is 0. The van der Waals surface area contributed by atoms with E-state index in [-0.39, 0.29) is 0 Å². The van der Waals surface area contributed by atoms with Crippen molar-refractivity contribution in [3.8, 4) is 17.2 Å². The van der Waals surface area contributed by atoms with Crippen molar-refractivity contribution in [1.82, 2.24) is 24.6 Å². The maximum absolute atomic E-state index is 13.6. The number of para-hydroxylation sites is 2. The van der Waals surface area contributed by atoms with Crippen LogP contribution in [0.15, 0.2) is 35.1 Å². The van der Waals surface area contributed by atoms with Crippen molar-refractivity contribution < 1.29 is 14.1 Å². The number of carbonyl (C=O) groups is 2. The fraction of sp³-hybridized carbons (Fsp3) is 0.435. The molecule has 3 aliphatic rings.